The maximum atomic E-state index is 10.5. The number of morpholine rings is 2. The van der Waals surface area contributed by atoms with Gasteiger partial charge in [-0.05, 0) is 30.5 Å². The third-order valence-electron chi connectivity index (χ3n) is 4.97. The van der Waals surface area contributed by atoms with Crippen molar-refractivity contribution in [1.82, 2.24) is 9.80 Å². The Morgan fingerprint density at radius 2 is 1.36 bits per heavy atom. The van der Waals surface area contributed by atoms with Crippen LogP contribution in [0.15, 0.2) is 6.07 Å². The zero-order valence-electron chi connectivity index (χ0n) is 15.1. The lowest BCUT2D eigenvalue weighted by Gasteiger charge is -2.30. The summed E-state index contributed by atoms with van der Waals surface area (Å²) in [4.78, 5) is 4.80. The molecule has 2 aliphatic rings. The maximum absolute atomic E-state index is 10.5. The van der Waals surface area contributed by atoms with Gasteiger partial charge in [0.25, 0.3) is 0 Å². The number of aryl methyl sites for hydroxylation is 1. The number of phenols is 1. The molecule has 2 heterocycles. The van der Waals surface area contributed by atoms with Crippen LogP contribution in [0.3, 0.4) is 0 Å². The summed E-state index contributed by atoms with van der Waals surface area (Å²) >= 11 is 0. The van der Waals surface area contributed by atoms with E-state index < -0.39 is 0 Å². The summed E-state index contributed by atoms with van der Waals surface area (Å²) in [6, 6.07) is 2.14. The highest BCUT2D eigenvalue weighted by Gasteiger charge is 2.19. The molecular formula is C18H30Cl2N2O3. The molecular weight excluding hydrogens is 363 g/mol. The Morgan fingerprint density at radius 1 is 0.880 bits per heavy atom. The third kappa shape index (κ3) is 5.71. The molecule has 7 heteroatoms. The highest BCUT2D eigenvalue weighted by molar-refractivity contribution is 5.85. The molecule has 3 rings (SSSR count). The highest BCUT2D eigenvalue weighted by atomic mass is 35.5. The van der Waals surface area contributed by atoms with Gasteiger partial charge in [-0.15, -0.1) is 24.8 Å². The Kier molecular flexibility index (Phi) is 9.49. The van der Waals surface area contributed by atoms with Crippen LogP contribution in [-0.2, 0) is 22.6 Å². The van der Waals surface area contributed by atoms with Crippen molar-refractivity contribution in [3.63, 3.8) is 0 Å². The summed E-state index contributed by atoms with van der Waals surface area (Å²) in [7, 11) is 0. The molecule has 0 spiro atoms. The minimum Gasteiger partial charge on any atom is -0.507 e. The van der Waals surface area contributed by atoms with E-state index in [0.717, 1.165) is 76.8 Å². The third-order valence-corrected chi connectivity index (χ3v) is 4.97. The smallest absolute Gasteiger partial charge is 0.123 e. The van der Waals surface area contributed by atoms with Crippen LogP contribution in [0.5, 0.6) is 5.75 Å². The van der Waals surface area contributed by atoms with Crippen molar-refractivity contribution in [2.75, 3.05) is 52.6 Å². The molecule has 0 amide bonds. The summed E-state index contributed by atoms with van der Waals surface area (Å²) in [6.07, 6.45) is 0. The minimum absolute atomic E-state index is 0. The molecule has 2 aliphatic heterocycles. The summed E-state index contributed by atoms with van der Waals surface area (Å²) in [6.45, 7) is 12.9. The summed E-state index contributed by atoms with van der Waals surface area (Å²) in [5.74, 6) is 0.458. The lowest BCUT2D eigenvalue weighted by Crippen LogP contribution is -2.36. The van der Waals surface area contributed by atoms with E-state index in [1.807, 2.05) is 6.92 Å². The molecule has 0 saturated carbocycles. The van der Waals surface area contributed by atoms with Gasteiger partial charge in [0, 0.05) is 44.8 Å². The Bertz CT molecular complexity index is 546. The molecule has 1 N–H and O–H groups in total. The second-order valence-corrected chi connectivity index (χ2v) is 6.58. The summed E-state index contributed by atoms with van der Waals surface area (Å²) in [5.41, 5.74) is 4.61. The van der Waals surface area contributed by atoms with Crippen LogP contribution >= 0.6 is 24.8 Å². The number of phenolic OH excluding ortho intramolecular Hbond substituents is 1. The topological polar surface area (TPSA) is 45.2 Å². The van der Waals surface area contributed by atoms with Crippen molar-refractivity contribution in [3.8, 4) is 5.75 Å². The van der Waals surface area contributed by atoms with E-state index in [-0.39, 0.29) is 24.8 Å². The predicted octanol–water partition coefficient (Wildman–Crippen LogP) is 2.52. The SMILES string of the molecule is Cc1cc(CN2CCOCC2)c(C)c(CN2CCOCC2)c1O.Cl.Cl. The summed E-state index contributed by atoms with van der Waals surface area (Å²) < 4.78 is 10.9. The Labute approximate surface area is 163 Å². The molecule has 0 aromatic heterocycles. The van der Waals surface area contributed by atoms with Crippen molar-refractivity contribution in [2.24, 2.45) is 0 Å². The van der Waals surface area contributed by atoms with Crippen molar-refractivity contribution < 1.29 is 14.6 Å². The van der Waals surface area contributed by atoms with Crippen LogP contribution in [0, 0.1) is 13.8 Å². The molecule has 1 aromatic rings. The average molecular weight is 393 g/mol. The molecule has 1 aromatic carbocycles. The lowest BCUT2D eigenvalue weighted by atomic mass is 9.96. The Morgan fingerprint density at radius 3 is 1.88 bits per heavy atom. The predicted molar refractivity (Wildman–Crippen MR) is 104 cm³/mol. The number of hydrogen-bond donors (Lipinski definition) is 1. The zero-order valence-corrected chi connectivity index (χ0v) is 16.8. The van der Waals surface area contributed by atoms with E-state index in [1.165, 1.54) is 11.1 Å². The van der Waals surface area contributed by atoms with Gasteiger partial charge in [-0.25, -0.2) is 0 Å². The Hall–Kier alpha value is -0.560. The van der Waals surface area contributed by atoms with E-state index in [1.54, 1.807) is 0 Å². The first-order chi connectivity index (χ1) is 11.1. The molecule has 0 atom stereocenters. The molecule has 0 aliphatic carbocycles. The van der Waals surface area contributed by atoms with Crippen LogP contribution in [-0.4, -0.2) is 67.5 Å². The first-order valence-corrected chi connectivity index (χ1v) is 8.56. The van der Waals surface area contributed by atoms with Gasteiger partial charge >= 0.3 is 0 Å². The second-order valence-electron chi connectivity index (χ2n) is 6.58. The molecule has 0 unspecified atom stereocenters. The quantitative estimate of drug-likeness (QED) is 0.852. The van der Waals surface area contributed by atoms with Crippen LogP contribution < -0.4 is 0 Å². The lowest BCUT2D eigenvalue weighted by molar-refractivity contribution is 0.0330. The van der Waals surface area contributed by atoms with Crippen LogP contribution in [0.1, 0.15) is 22.3 Å². The van der Waals surface area contributed by atoms with E-state index >= 15 is 0 Å². The van der Waals surface area contributed by atoms with Crippen molar-refractivity contribution in [1.29, 1.82) is 0 Å². The van der Waals surface area contributed by atoms with Gasteiger partial charge in [0.2, 0.25) is 0 Å². The van der Waals surface area contributed by atoms with Crippen LogP contribution in [0.4, 0.5) is 0 Å². The van der Waals surface area contributed by atoms with Crippen LogP contribution in [0.25, 0.3) is 0 Å². The first-order valence-electron chi connectivity index (χ1n) is 8.56. The zero-order chi connectivity index (χ0) is 16.2. The molecule has 2 saturated heterocycles. The average Bonchev–Trinajstić information content (AvgIpc) is 2.58. The van der Waals surface area contributed by atoms with Gasteiger partial charge in [0.15, 0.2) is 0 Å². The number of rotatable bonds is 4. The highest BCUT2D eigenvalue weighted by Crippen LogP contribution is 2.30. The van der Waals surface area contributed by atoms with Gasteiger partial charge in [0.05, 0.1) is 26.4 Å². The monoisotopic (exact) mass is 392 g/mol. The number of hydrogen-bond acceptors (Lipinski definition) is 5. The maximum Gasteiger partial charge on any atom is 0.123 e. The van der Waals surface area contributed by atoms with Crippen LogP contribution in [0.2, 0.25) is 0 Å². The van der Waals surface area contributed by atoms with Crippen molar-refractivity contribution in [2.45, 2.75) is 26.9 Å². The largest absolute Gasteiger partial charge is 0.507 e. The van der Waals surface area contributed by atoms with Crippen molar-refractivity contribution >= 4 is 24.8 Å². The van der Waals surface area contributed by atoms with Gasteiger partial charge in [-0.2, -0.15) is 0 Å². The molecule has 0 radical (unpaired) electrons. The van der Waals surface area contributed by atoms with Crippen molar-refractivity contribution in [3.05, 3.63) is 28.3 Å². The van der Waals surface area contributed by atoms with E-state index in [0.29, 0.717) is 5.75 Å². The van der Waals surface area contributed by atoms with Gasteiger partial charge < -0.3 is 14.6 Å². The van der Waals surface area contributed by atoms with E-state index in [2.05, 4.69) is 22.8 Å². The minimum atomic E-state index is 0. The number of aromatic hydroxyl groups is 1. The molecule has 5 nitrogen and oxygen atoms in total. The van der Waals surface area contributed by atoms with E-state index in [4.69, 9.17) is 9.47 Å². The number of ether oxygens (including phenoxy) is 2. The fraction of sp³-hybridized carbons (Fsp3) is 0.667. The number of benzene rings is 1. The second kappa shape index (κ2) is 10.6. The Balaban J connectivity index is 0.00000156. The molecule has 0 bridgehead atoms. The van der Waals surface area contributed by atoms with Gasteiger partial charge in [-0.1, -0.05) is 6.07 Å². The summed E-state index contributed by atoms with van der Waals surface area (Å²) in [5, 5.41) is 10.5. The van der Waals surface area contributed by atoms with Gasteiger partial charge in [-0.3, -0.25) is 9.80 Å². The fourth-order valence-corrected chi connectivity index (χ4v) is 3.39. The first kappa shape index (κ1) is 22.5. The number of halogens is 2. The number of nitrogens with zero attached hydrogens (tertiary/aromatic N) is 2. The van der Waals surface area contributed by atoms with Gasteiger partial charge in [0.1, 0.15) is 5.75 Å². The normalized spacial score (nSPS) is 19.1. The fourth-order valence-electron chi connectivity index (χ4n) is 3.39. The molecule has 144 valence electrons. The molecule has 25 heavy (non-hydrogen) atoms. The standard InChI is InChI=1S/C18H28N2O3.2ClH/c1-14-11-16(12-19-3-7-22-8-4-19)15(2)17(18(14)21)13-20-5-9-23-10-6-20;;/h11,21H,3-10,12-13H2,1-2H3;2*1H. The molecule has 2 fully saturated rings. The van der Waals surface area contributed by atoms with E-state index in [9.17, 15) is 5.11 Å².